The Balaban J connectivity index is 1.64. The summed E-state index contributed by atoms with van der Waals surface area (Å²) in [4.78, 5) is 0. The normalized spacial score (nSPS) is 24.6. The van der Waals surface area contributed by atoms with Gasteiger partial charge in [-0.1, -0.05) is 42.5 Å². The predicted octanol–water partition coefficient (Wildman–Crippen LogP) is 2.47. The number of nitrogens with one attached hydrogen (secondary N) is 1. The zero-order chi connectivity index (χ0) is 11.2. The number of benzene rings is 1. The van der Waals surface area contributed by atoms with E-state index in [9.17, 15) is 0 Å². The van der Waals surface area contributed by atoms with Crippen molar-refractivity contribution in [3.8, 4) is 0 Å². The molecule has 86 valence electrons. The second kappa shape index (κ2) is 5.83. The van der Waals surface area contributed by atoms with E-state index in [1.807, 2.05) is 6.07 Å². The van der Waals surface area contributed by atoms with Crippen molar-refractivity contribution in [2.45, 2.75) is 25.0 Å². The predicted molar refractivity (Wildman–Crippen MR) is 67.3 cm³/mol. The van der Waals surface area contributed by atoms with Gasteiger partial charge < -0.3 is 10.1 Å². The summed E-state index contributed by atoms with van der Waals surface area (Å²) >= 11 is 0. The highest BCUT2D eigenvalue weighted by Crippen LogP contribution is 2.22. The molecule has 1 aliphatic carbocycles. The van der Waals surface area contributed by atoms with E-state index in [-0.39, 0.29) is 0 Å². The summed E-state index contributed by atoms with van der Waals surface area (Å²) in [5.74, 6) is 0. The first-order valence-corrected chi connectivity index (χ1v) is 5.86. The van der Waals surface area contributed by atoms with E-state index >= 15 is 0 Å². The topological polar surface area (TPSA) is 21.3 Å². The van der Waals surface area contributed by atoms with Crippen LogP contribution in [0.3, 0.4) is 0 Å². The van der Waals surface area contributed by atoms with E-state index in [2.05, 4.69) is 41.7 Å². The Morgan fingerprint density at radius 2 is 2.06 bits per heavy atom. The molecule has 0 unspecified atom stereocenters. The minimum absolute atomic E-state index is 0.482. The molecule has 2 heteroatoms. The third kappa shape index (κ3) is 3.19. The van der Waals surface area contributed by atoms with Crippen LogP contribution < -0.4 is 5.32 Å². The summed E-state index contributed by atoms with van der Waals surface area (Å²) < 4.78 is 5.23. The maximum Gasteiger partial charge on any atom is 0.0601 e. The molecule has 1 N–H and O–H groups in total. The lowest BCUT2D eigenvalue weighted by Crippen LogP contribution is -2.44. The largest absolute Gasteiger partial charge is 0.381 e. The lowest BCUT2D eigenvalue weighted by atomic mass is 9.89. The van der Waals surface area contributed by atoms with Crippen molar-refractivity contribution >= 4 is 6.08 Å². The quantitative estimate of drug-likeness (QED) is 0.818. The van der Waals surface area contributed by atoms with Crippen molar-refractivity contribution in [3.05, 3.63) is 42.0 Å². The standard InChI is InChI=1S/C14H19NO/c1-16-14-10-13(11-14)15-9-5-8-12-6-3-2-4-7-12/h2-8,13-15H,9-11H2,1H3/b8-5+. The van der Waals surface area contributed by atoms with Crippen LogP contribution in [-0.2, 0) is 4.74 Å². The van der Waals surface area contributed by atoms with E-state index in [1.165, 1.54) is 5.56 Å². The van der Waals surface area contributed by atoms with Crippen LogP contribution in [-0.4, -0.2) is 25.8 Å². The molecule has 0 aliphatic heterocycles. The van der Waals surface area contributed by atoms with Gasteiger partial charge in [-0.15, -0.1) is 0 Å². The van der Waals surface area contributed by atoms with Gasteiger partial charge in [0.05, 0.1) is 6.10 Å². The summed E-state index contributed by atoms with van der Waals surface area (Å²) in [5.41, 5.74) is 1.26. The van der Waals surface area contributed by atoms with Gasteiger partial charge in [-0.2, -0.15) is 0 Å². The molecule has 1 fully saturated rings. The molecule has 0 atom stereocenters. The number of ether oxygens (including phenoxy) is 1. The molecular weight excluding hydrogens is 198 g/mol. The van der Waals surface area contributed by atoms with E-state index in [4.69, 9.17) is 4.74 Å². The van der Waals surface area contributed by atoms with Crippen molar-refractivity contribution in [2.24, 2.45) is 0 Å². The van der Waals surface area contributed by atoms with Gasteiger partial charge in [0.25, 0.3) is 0 Å². The average Bonchev–Trinajstić information content (AvgIpc) is 2.28. The SMILES string of the molecule is COC1CC(NC/C=C/c2ccccc2)C1. The molecular formula is C14H19NO. The van der Waals surface area contributed by atoms with Gasteiger partial charge in [0.15, 0.2) is 0 Å². The highest BCUT2D eigenvalue weighted by molar-refractivity contribution is 5.48. The monoisotopic (exact) mass is 217 g/mol. The van der Waals surface area contributed by atoms with Crippen molar-refractivity contribution in [2.75, 3.05) is 13.7 Å². The number of rotatable bonds is 5. The highest BCUT2D eigenvalue weighted by atomic mass is 16.5. The molecule has 2 nitrogen and oxygen atoms in total. The van der Waals surface area contributed by atoms with Crippen molar-refractivity contribution in [1.82, 2.24) is 5.32 Å². The first-order chi connectivity index (χ1) is 7.88. The Kier molecular flexibility index (Phi) is 4.14. The van der Waals surface area contributed by atoms with Crippen LogP contribution in [0.2, 0.25) is 0 Å². The summed E-state index contributed by atoms with van der Waals surface area (Å²) in [6, 6.07) is 11.0. The molecule has 0 aromatic heterocycles. The van der Waals surface area contributed by atoms with Gasteiger partial charge in [-0.25, -0.2) is 0 Å². The van der Waals surface area contributed by atoms with Crippen molar-refractivity contribution in [3.63, 3.8) is 0 Å². The van der Waals surface area contributed by atoms with Gasteiger partial charge in [-0.3, -0.25) is 0 Å². The zero-order valence-electron chi connectivity index (χ0n) is 9.73. The Bertz CT molecular complexity index is 328. The van der Waals surface area contributed by atoms with Gasteiger partial charge in [0.2, 0.25) is 0 Å². The third-order valence-electron chi connectivity index (χ3n) is 3.06. The Morgan fingerprint density at radius 3 is 2.75 bits per heavy atom. The first-order valence-electron chi connectivity index (χ1n) is 5.86. The molecule has 1 aliphatic rings. The number of hydrogen-bond acceptors (Lipinski definition) is 2. The lowest BCUT2D eigenvalue weighted by molar-refractivity contribution is 0.0185. The van der Waals surface area contributed by atoms with Crippen LogP contribution in [0.1, 0.15) is 18.4 Å². The van der Waals surface area contributed by atoms with Crippen LogP contribution in [0.25, 0.3) is 6.08 Å². The third-order valence-corrected chi connectivity index (χ3v) is 3.06. The van der Waals surface area contributed by atoms with Crippen LogP contribution in [0.15, 0.2) is 36.4 Å². The molecule has 1 saturated carbocycles. The van der Waals surface area contributed by atoms with E-state index in [0.717, 1.165) is 19.4 Å². The number of hydrogen-bond donors (Lipinski definition) is 1. The molecule has 0 bridgehead atoms. The fourth-order valence-electron chi connectivity index (χ4n) is 1.92. The van der Waals surface area contributed by atoms with E-state index in [1.54, 1.807) is 7.11 Å². The van der Waals surface area contributed by atoms with E-state index in [0.29, 0.717) is 12.1 Å². The highest BCUT2D eigenvalue weighted by Gasteiger charge is 2.27. The number of methoxy groups -OCH3 is 1. The maximum absolute atomic E-state index is 5.23. The van der Waals surface area contributed by atoms with Gasteiger partial charge in [0.1, 0.15) is 0 Å². The van der Waals surface area contributed by atoms with Crippen LogP contribution >= 0.6 is 0 Å². The molecule has 1 aromatic rings. The fraction of sp³-hybridized carbons (Fsp3) is 0.429. The molecule has 0 heterocycles. The second-order valence-corrected chi connectivity index (χ2v) is 4.25. The van der Waals surface area contributed by atoms with Gasteiger partial charge in [0, 0.05) is 19.7 Å². The van der Waals surface area contributed by atoms with Crippen LogP contribution in [0.5, 0.6) is 0 Å². The first kappa shape index (κ1) is 11.4. The fourth-order valence-corrected chi connectivity index (χ4v) is 1.92. The molecule has 0 radical (unpaired) electrons. The molecule has 0 saturated heterocycles. The van der Waals surface area contributed by atoms with Gasteiger partial charge in [-0.05, 0) is 18.4 Å². The Labute approximate surface area is 97.3 Å². The Hall–Kier alpha value is -1.12. The summed E-state index contributed by atoms with van der Waals surface area (Å²) in [6.45, 7) is 0.940. The van der Waals surface area contributed by atoms with Crippen molar-refractivity contribution < 1.29 is 4.74 Å². The minimum atomic E-state index is 0.482. The molecule has 0 spiro atoms. The molecule has 16 heavy (non-hydrogen) atoms. The molecule has 2 rings (SSSR count). The van der Waals surface area contributed by atoms with E-state index < -0.39 is 0 Å². The maximum atomic E-state index is 5.23. The Morgan fingerprint density at radius 1 is 1.31 bits per heavy atom. The van der Waals surface area contributed by atoms with Crippen LogP contribution in [0.4, 0.5) is 0 Å². The zero-order valence-corrected chi connectivity index (χ0v) is 9.73. The van der Waals surface area contributed by atoms with Crippen molar-refractivity contribution in [1.29, 1.82) is 0 Å². The smallest absolute Gasteiger partial charge is 0.0601 e. The summed E-state index contributed by atoms with van der Waals surface area (Å²) in [6.07, 6.45) is 7.11. The van der Waals surface area contributed by atoms with Crippen LogP contribution in [0, 0.1) is 0 Å². The van der Waals surface area contributed by atoms with Gasteiger partial charge >= 0.3 is 0 Å². The summed E-state index contributed by atoms with van der Waals surface area (Å²) in [5, 5.41) is 3.49. The summed E-state index contributed by atoms with van der Waals surface area (Å²) in [7, 11) is 1.79. The lowest BCUT2D eigenvalue weighted by Gasteiger charge is -2.34. The minimum Gasteiger partial charge on any atom is -0.381 e. The average molecular weight is 217 g/mol. The molecule has 1 aromatic carbocycles. The molecule has 0 amide bonds. The second-order valence-electron chi connectivity index (χ2n) is 4.25.